The van der Waals surface area contributed by atoms with Crippen molar-refractivity contribution in [2.45, 2.75) is 39.5 Å². The quantitative estimate of drug-likeness (QED) is 0.131. The monoisotopic (exact) mass is 484 g/mol. The predicted molar refractivity (Wildman–Crippen MR) is 130 cm³/mol. The van der Waals surface area contributed by atoms with Gasteiger partial charge in [-0.1, -0.05) is 26.3 Å². The number of hydrogen-bond donors (Lipinski definition) is 0. The Balaban J connectivity index is 0. The van der Waals surface area contributed by atoms with Crippen LogP contribution in [0.2, 0.25) is 0 Å². The molecule has 0 aromatic heterocycles. The van der Waals surface area contributed by atoms with Crippen molar-refractivity contribution in [1.82, 2.24) is 0 Å². The fourth-order valence-corrected chi connectivity index (χ4v) is 2.36. The Labute approximate surface area is 201 Å². The molecule has 0 aliphatic rings. The van der Waals surface area contributed by atoms with Gasteiger partial charge in [-0.3, -0.25) is 0 Å². The zero-order chi connectivity index (χ0) is 25.5. The molecule has 8 nitrogen and oxygen atoms in total. The topological polar surface area (TPSA) is 105 Å². The first-order valence-corrected chi connectivity index (χ1v) is 11.6. The summed E-state index contributed by atoms with van der Waals surface area (Å²) in [6, 6.07) is 0. The van der Waals surface area contributed by atoms with Gasteiger partial charge < -0.3 is 18.9 Å². The molecule has 0 heterocycles. The lowest BCUT2D eigenvalue weighted by atomic mass is 10.2. The van der Waals surface area contributed by atoms with Gasteiger partial charge in [-0.15, -0.1) is 0 Å². The van der Waals surface area contributed by atoms with Crippen molar-refractivity contribution >= 4 is 35.6 Å². The van der Waals surface area contributed by atoms with Crippen molar-refractivity contribution in [3.05, 3.63) is 49.6 Å². The van der Waals surface area contributed by atoms with Gasteiger partial charge in [-0.25, -0.2) is 19.2 Å². The Kier molecular flexibility index (Phi) is 22.0. The molecule has 0 aliphatic heterocycles. The summed E-state index contributed by atoms with van der Waals surface area (Å²) in [5.74, 6) is -0.186. The van der Waals surface area contributed by atoms with E-state index in [1.807, 2.05) is 0 Å². The van der Waals surface area contributed by atoms with Crippen molar-refractivity contribution in [3.63, 3.8) is 0 Å². The highest BCUT2D eigenvalue weighted by Gasteiger charge is 2.03. The van der Waals surface area contributed by atoms with Crippen LogP contribution in [0, 0.1) is 0 Å². The summed E-state index contributed by atoms with van der Waals surface area (Å²) in [7, 11) is 0. The molecule has 0 aromatic rings. The highest BCUT2D eigenvalue weighted by molar-refractivity contribution is 7.99. The van der Waals surface area contributed by atoms with Crippen LogP contribution in [0.1, 0.15) is 39.5 Å². The third-order valence-corrected chi connectivity index (χ3v) is 4.39. The zero-order valence-electron chi connectivity index (χ0n) is 19.7. The van der Waals surface area contributed by atoms with Crippen LogP contribution in [0.5, 0.6) is 0 Å². The fraction of sp³-hybridized carbons (Fsp3) is 0.500. The van der Waals surface area contributed by atoms with Gasteiger partial charge in [0.15, 0.2) is 0 Å². The van der Waals surface area contributed by atoms with Crippen molar-refractivity contribution in [1.29, 1.82) is 0 Å². The second-order valence-corrected chi connectivity index (χ2v) is 7.83. The molecule has 0 saturated heterocycles. The molecule has 0 bridgehead atoms. The summed E-state index contributed by atoms with van der Waals surface area (Å²) in [6.45, 7) is 18.3. The maximum absolute atomic E-state index is 11.0. The number of esters is 4. The predicted octanol–water partition coefficient (Wildman–Crippen LogP) is 3.96. The van der Waals surface area contributed by atoms with E-state index in [1.54, 1.807) is 13.8 Å². The third-order valence-electron chi connectivity index (χ3n) is 3.48. The van der Waals surface area contributed by atoms with Gasteiger partial charge in [-0.05, 0) is 39.5 Å². The van der Waals surface area contributed by atoms with Crippen LogP contribution in [0.4, 0.5) is 0 Å². The van der Waals surface area contributed by atoms with Crippen LogP contribution in [0.15, 0.2) is 49.6 Å². The summed E-state index contributed by atoms with van der Waals surface area (Å²) in [5.41, 5.74) is 0.836. The average molecular weight is 485 g/mol. The molecule has 0 radical (unpaired) electrons. The maximum atomic E-state index is 11.0. The molecule has 0 aliphatic carbocycles. The van der Waals surface area contributed by atoms with E-state index in [9.17, 15) is 19.2 Å². The van der Waals surface area contributed by atoms with E-state index in [2.05, 4.69) is 26.3 Å². The molecule has 0 N–H and O–H groups in total. The van der Waals surface area contributed by atoms with Crippen molar-refractivity contribution in [2.24, 2.45) is 0 Å². The lowest BCUT2D eigenvalue weighted by Crippen LogP contribution is -2.07. The van der Waals surface area contributed by atoms with E-state index in [-0.39, 0.29) is 11.9 Å². The van der Waals surface area contributed by atoms with Gasteiger partial charge in [0.2, 0.25) is 0 Å². The van der Waals surface area contributed by atoms with Crippen LogP contribution in [0.25, 0.3) is 0 Å². The molecule has 0 amide bonds. The van der Waals surface area contributed by atoms with Gasteiger partial charge >= 0.3 is 23.9 Å². The first-order chi connectivity index (χ1) is 15.6. The van der Waals surface area contributed by atoms with Gasteiger partial charge in [0.25, 0.3) is 0 Å². The summed E-state index contributed by atoms with van der Waals surface area (Å²) in [5, 5.41) is 0. The summed E-state index contributed by atoms with van der Waals surface area (Å²) in [4.78, 5) is 43.3. The van der Waals surface area contributed by atoms with Gasteiger partial charge in [0, 0.05) is 34.8 Å². The summed E-state index contributed by atoms with van der Waals surface area (Å²) >= 11 is 1.54. The first kappa shape index (κ1) is 32.4. The number of unbranched alkanes of at least 4 members (excludes halogenated alkanes) is 3. The standard InChI is InChI=1S/C14H22O4.C10H14O4S/c1-11(2)13(15)17-9-7-5-6-8-10-18-14(16)12(3)4;1-3-9(11)13-5-7-15-8-6-14-10(12)4-2/h1,3,5-10H2,2,4H3;3-4H,1-2,5-8H2. The van der Waals surface area contributed by atoms with Crippen LogP contribution in [-0.4, -0.2) is 61.8 Å². The molecular weight excluding hydrogens is 448 g/mol. The molecule has 0 unspecified atom stereocenters. The Morgan fingerprint density at radius 1 is 0.636 bits per heavy atom. The molecule has 0 saturated carbocycles. The average Bonchev–Trinajstić information content (AvgIpc) is 2.79. The smallest absolute Gasteiger partial charge is 0.333 e. The normalized spacial score (nSPS) is 9.39. The van der Waals surface area contributed by atoms with E-state index in [0.717, 1.165) is 37.8 Å². The molecular formula is C24H36O8S. The van der Waals surface area contributed by atoms with E-state index in [4.69, 9.17) is 18.9 Å². The SMILES string of the molecule is C=C(C)C(=O)OCCCCCCOC(=O)C(=C)C.C=CC(=O)OCCSCCOC(=O)C=C. The van der Waals surface area contributed by atoms with Gasteiger partial charge in [0.05, 0.1) is 13.2 Å². The Morgan fingerprint density at radius 2 is 1.00 bits per heavy atom. The molecule has 0 fully saturated rings. The zero-order valence-corrected chi connectivity index (χ0v) is 20.5. The van der Waals surface area contributed by atoms with Gasteiger partial charge in [-0.2, -0.15) is 11.8 Å². The molecule has 9 heteroatoms. The maximum Gasteiger partial charge on any atom is 0.333 e. The lowest BCUT2D eigenvalue weighted by Gasteiger charge is -2.05. The van der Waals surface area contributed by atoms with Crippen molar-refractivity contribution in [3.8, 4) is 0 Å². The molecule has 33 heavy (non-hydrogen) atoms. The third kappa shape index (κ3) is 23.7. The minimum atomic E-state index is -0.423. The van der Waals surface area contributed by atoms with Crippen LogP contribution < -0.4 is 0 Å². The Bertz CT molecular complexity index is 613. The van der Waals surface area contributed by atoms with Crippen LogP contribution in [-0.2, 0) is 38.1 Å². The van der Waals surface area contributed by atoms with E-state index < -0.39 is 11.9 Å². The van der Waals surface area contributed by atoms with E-state index in [1.165, 1.54) is 11.8 Å². The molecule has 186 valence electrons. The second kappa shape index (κ2) is 22.4. The van der Waals surface area contributed by atoms with Crippen LogP contribution in [0.3, 0.4) is 0 Å². The fourth-order valence-electron chi connectivity index (χ4n) is 1.76. The molecule has 0 rings (SSSR count). The Morgan fingerprint density at radius 3 is 1.30 bits per heavy atom. The number of thioether (sulfide) groups is 1. The number of hydrogen-bond acceptors (Lipinski definition) is 9. The van der Waals surface area contributed by atoms with Crippen molar-refractivity contribution < 1.29 is 38.1 Å². The number of ether oxygens (including phenoxy) is 4. The lowest BCUT2D eigenvalue weighted by molar-refractivity contribution is -0.140. The molecule has 0 atom stereocenters. The molecule has 0 spiro atoms. The highest BCUT2D eigenvalue weighted by Crippen LogP contribution is 2.03. The van der Waals surface area contributed by atoms with E-state index >= 15 is 0 Å². The van der Waals surface area contributed by atoms with Gasteiger partial charge in [0.1, 0.15) is 13.2 Å². The Hall–Kier alpha value is -2.81. The second-order valence-electron chi connectivity index (χ2n) is 6.60. The largest absolute Gasteiger partial charge is 0.462 e. The van der Waals surface area contributed by atoms with Crippen LogP contribution >= 0.6 is 11.8 Å². The number of carbonyl (C=O) groups excluding carboxylic acids is 4. The molecule has 0 aromatic carbocycles. The van der Waals surface area contributed by atoms with E-state index in [0.29, 0.717) is 49.1 Å². The minimum absolute atomic E-state index is 0.338. The highest BCUT2D eigenvalue weighted by atomic mass is 32.2. The summed E-state index contributed by atoms with van der Waals surface area (Å²) < 4.78 is 19.4. The number of carbonyl (C=O) groups is 4. The number of rotatable bonds is 17. The summed E-state index contributed by atoms with van der Waals surface area (Å²) in [6.07, 6.45) is 5.75. The van der Waals surface area contributed by atoms with Crippen molar-refractivity contribution in [2.75, 3.05) is 37.9 Å². The first-order valence-electron chi connectivity index (χ1n) is 10.5. The minimum Gasteiger partial charge on any atom is -0.462 e.